The lowest BCUT2D eigenvalue weighted by molar-refractivity contribution is 0.582. The largest absolute Gasteiger partial charge is 0.264 e. The van der Waals surface area contributed by atoms with E-state index in [4.69, 9.17) is 0 Å². The second-order valence-electron chi connectivity index (χ2n) is 4.77. The third-order valence-electron chi connectivity index (χ3n) is 3.34. The molecule has 0 fully saturated rings. The number of hydrogen-bond donors (Lipinski definition) is 1. The summed E-state index contributed by atoms with van der Waals surface area (Å²) in [5.74, 6) is 0. The summed E-state index contributed by atoms with van der Waals surface area (Å²) in [6.07, 6.45) is 3.25. The van der Waals surface area contributed by atoms with E-state index in [1.165, 1.54) is 0 Å². The molecule has 0 aliphatic heterocycles. The van der Waals surface area contributed by atoms with Crippen molar-refractivity contribution in [1.29, 1.82) is 0 Å². The fraction of sp³-hybridized carbons (Fsp3) is 0.0625. The van der Waals surface area contributed by atoms with Gasteiger partial charge in [-0.25, -0.2) is 13.1 Å². The van der Waals surface area contributed by atoms with Gasteiger partial charge in [0.2, 0.25) is 10.0 Å². The van der Waals surface area contributed by atoms with Crippen LogP contribution in [0.4, 0.5) is 0 Å². The van der Waals surface area contributed by atoms with Crippen molar-refractivity contribution in [2.24, 2.45) is 0 Å². The second kappa shape index (κ2) is 6.16. The van der Waals surface area contributed by atoms with Crippen LogP contribution in [0.2, 0.25) is 0 Å². The molecule has 6 heteroatoms. The van der Waals surface area contributed by atoms with Crippen molar-refractivity contribution in [3.8, 4) is 0 Å². The van der Waals surface area contributed by atoms with Crippen LogP contribution in [0.5, 0.6) is 0 Å². The average Bonchev–Trinajstić information content (AvgIpc) is 2.53. The highest BCUT2D eigenvalue weighted by atomic mass is 79.9. The standard InChI is InChI=1S/C16H13BrN2O2S/c17-15-6-2-1-4-13(15)11-19-22(20,21)16-7-3-5-12-10-18-9-8-14(12)16/h1-10,19H,11H2. The minimum absolute atomic E-state index is 0.227. The lowest BCUT2D eigenvalue weighted by atomic mass is 10.2. The Hall–Kier alpha value is -1.76. The summed E-state index contributed by atoms with van der Waals surface area (Å²) in [5.41, 5.74) is 0.882. The molecule has 0 unspecified atom stereocenters. The van der Waals surface area contributed by atoms with E-state index in [0.29, 0.717) is 5.39 Å². The zero-order valence-electron chi connectivity index (χ0n) is 11.5. The van der Waals surface area contributed by atoms with E-state index in [0.717, 1.165) is 15.4 Å². The highest BCUT2D eigenvalue weighted by molar-refractivity contribution is 9.10. The van der Waals surface area contributed by atoms with Gasteiger partial charge in [0.1, 0.15) is 0 Å². The highest BCUT2D eigenvalue weighted by Crippen LogP contribution is 2.22. The van der Waals surface area contributed by atoms with Gasteiger partial charge < -0.3 is 0 Å². The molecule has 0 bridgehead atoms. The number of pyridine rings is 1. The molecule has 3 aromatic rings. The molecule has 4 nitrogen and oxygen atoms in total. The molecule has 0 saturated carbocycles. The molecule has 0 aliphatic carbocycles. The van der Waals surface area contributed by atoms with Crippen molar-refractivity contribution in [2.45, 2.75) is 11.4 Å². The Balaban J connectivity index is 1.94. The first-order valence-corrected chi connectivity index (χ1v) is 8.91. The Morgan fingerprint density at radius 1 is 1.05 bits per heavy atom. The lowest BCUT2D eigenvalue weighted by Gasteiger charge is -2.10. The molecule has 3 rings (SSSR count). The third-order valence-corrected chi connectivity index (χ3v) is 5.57. The van der Waals surface area contributed by atoms with Crippen LogP contribution in [0.25, 0.3) is 10.8 Å². The molecule has 0 saturated heterocycles. The first-order valence-electron chi connectivity index (χ1n) is 6.64. The maximum Gasteiger partial charge on any atom is 0.241 e. The molecule has 1 heterocycles. The predicted molar refractivity (Wildman–Crippen MR) is 89.9 cm³/mol. The molecular formula is C16H13BrN2O2S. The Morgan fingerprint density at radius 3 is 2.68 bits per heavy atom. The van der Waals surface area contributed by atoms with Crippen LogP contribution in [0.15, 0.2) is 70.3 Å². The van der Waals surface area contributed by atoms with E-state index in [-0.39, 0.29) is 11.4 Å². The van der Waals surface area contributed by atoms with Crippen LogP contribution in [-0.4, -0.2) is 13.4 Å². The van der Waals surface area contributed by atoms with Crippen molar-refractivity contribution < 1.29 is 8.42 Å². The van der Waals surface area contributed by atoms with E-state index in [9.17, 15) is 8.42 Å². The molecule has 0 radical (unpaired) electrons. The van der Waals surface area contributed by atoms with Crippen LogP contribution in [0.1, 0.15) is 5.56 Å². The van der Waals surface area contributed by atoms with E-state index in [2.05, 4.69) is 25.6 Å². The van der Waals surface area contributed by atoms with Crippen LogP contribution in [0, 0.1) is 0 Å². The quantitative estimate of drug-likeness (QED) is 0.758. The topological polar surface area (TPSA) is 59.1 Å². The van der Waals surface area contributed by atoms with Gasteiger partial charge in [-0.05, 0) is 23.8 Å². The number of rotatable bonds is 4. The summed E-state index contributed by atoms with van der Waals surface area (Å²) >= 11 is 3.42. The van der Waals surface area contributed by atoms with Crippen LogP contribution >= 0.6 is 15.9 Å². The number of fused-ring (bicyclic) bond motifs is 1. The number of nitrogens with one attached hydrogen (secondary N) is 1. The maximum atomic E-state index is 12.6. The minimum atomic E-state index is -3.60. The molecule has 0 amide bonds. The van der Waals surface area contributed by atoms with E-state index < -0.39 is 10.0 Å². The van der Waals surface area contributed by atoms with Gasteiger partial charge >= 0.3 is 0 Å². The van der Waals surface area contributed by atoms with Crippen molar-refractivity contribution in [2.75, 3.05) is 0 Å². The Labute approximate surface area is 137 Å². The van der Waals surface area contributed by atoms with Gasteiger partial charge in [-0.1, -0.05) is 46.3 Å². The molecule has 0 atom stereocenters. The average molecular weight is 377 g/mol. The first kappa shape index (κ1) is 15.1. The number of hydrogen-bond acceptors (Lipinski definition) is 3. The number of benzene rings is 2. The zero-order valence-corrected chi connectivity index (χ0v) is 13.9. The van der Waals surface area contributed by atoms with Crippen LogP contribution in [-0.2, 0) is 16.6 Å². The third kappa shape index (κ3) is 3.04. The van der Waals surface area contributed by atoms with Gasteiger partial charge in [0.15, 0.2) is 0 Å². The van der Waals surface area contributed by atoms with Gasteiger partial charge in [-0.15, -0.1) is 0 Å². The molecule has 0 spiro atoms. The molecule has 1 N–H and O–H groups in total. The number of aromatic nitrogens is 1. The lowest BCUT2D eigenvalue weighted by Crippen LogP contribution is -2.23. The highest BCUT2D eigenvalue weighted by Gasteiger charge is 2.17. The first-order chi connectivity index (χ1) is 10.6. The van der Waals surface area contributed by atoms with E-state index in [1.54, 1.807) is 30.6 Å². The molecular weight excluding hydrogens is 364 g/mol. The van der Waals surface area contributed by atoms with Crippen molar-refractivity contribution in [1.82, 2.24) is 9.71 Å². The van der Waals surface area contributed by atoms with Gasteiger partial charge in [0.05, 0.1) is 4.90 Å². The van der Waals surface area contributed by atoms with Crippen LogP contribution in [0.3, 0.4) is 0 Å². The summed E-state index contributed by atoms with van der Waals surface area (Å²) in [4.78, 5) is 4.28. The summed E-state index contributed by atoms with van der Waals surface area (Å²) in [7, 11) is -3.60. The smallest absolute Gasteiger partial charge is 0.241 e. The summed E-state index contributed by atoms with van der Waals surface area (Å²) in [6.45, 7) is 0.227. The Kier molecular flexibility index (Phi) is 4.24. The monoisotopic (exact) mass is 376 g/mol. The molecule has 112 valence electrons. The van der Waals surface area contributed by atoms with Crippen LogP contribution < -0.4 is 4.72 Å². The fourth-order valence-corrected chi connectivity index (χ4v) is 3.88. The van der Waals surface area contributed by atoms with Crippen molar-refractivity contribution in [3.05, 3.63) is 71.0 Å². The Bertz CT molecular complexity index is 921. The SMILES string of the molecule is O=S(=O)(NCc1ccccc1Br)c1cccc2cnccc12. The number of halogens is 1. The molecule has 22 heavy (non-hydrogen) atoms. The van der Waals surface area contributed by atoms with Gasteiger partial charge in [0, 0.05) is 34.2 Å². The normalized spacial score (nSPS) is 11.7. The second-order valence-corrected chi connectivity index (χ2v) is 7.36. The Morgan fingerprint density at radius 2 is 1.86 bits per heavy atom. The van der Waals surface area contributed by atoms with Crippen molar-refractivity contribution >= 4 is 36.7 Å². The summed E-state index contributed by atoms with van der Waals surface area (Å²) < 4.78 is 28.7. The predicted octanol–water partition coefficient (Wildman–Crippen LogP) is 3.48. The number of sulfonamides is 1. The molecule has 2 aromatic carbocycles. The minimum Gasteiger partial charge on any atom is -0.264 e. The molecule has 0 aliphatic rings. The summed E-state index contributed by atoms with van der Waals surface area (Å²) in [5, 5.41) is 1.46. The maximum absolute atomic E-state index is 12.6. The number of nitrogens with zero attached hydrogens (tertiary/aromatic N) is 1. The molecule has 1 aromatic heterocycles. The zero-order chi connectivity index (χ0) is 15.6. The van der Waals surface area contributed by atoms with E-state index in [1.807, 2.05) is 30.3 Å². The fourth-order valence-electron chi connectivity index (χ4n) is 2.22. The van der Waals surface area contributed by atoms with Gasteiger partial charge in [0.25, 0.3) is 0 Å². The summed E-state index contributed by atoms with van der Waals surface area (Å²) in [6, 6.07) is 14.4. The van der Waals surface area contributed by atoms with Crippen molar-refractivity contribution in [3.63, 3.8) is 0 Å². The van der Waals surface area contributed by atoms with Gasteiger partial charge in [-0.3, -0.25) is 4.98 Å². The van der Waals surface area contributed by atoms with Gasteiger partial charge in [-0.2, -0.15) is 0 Å². The van der Waals surface area contributed by atoms with E-state index >= 15 is 0 Å².